The van der Waals surface area contributed by atoms with Crippen molar-refractivity contribution >= 4 is 17.4 Å². The molecule has 0 amide bonds. The maximum absolute atomic E-state index is 13.9. The summed E-state index contributed by atoms with van der Waals surface area (Å²) in [5, 5.41) is 8.63. The highest BCUT2D eigenvalue weighted by Gasteiger charge is 2.24. The lowest BCUT2D eigenvalue weighted by Crippen LogP contribution is -1.98. The molecule has 3 rings (SSSR count). The van der Waals surface area contributed by atoms with Crippen molar-refractivity contribution in [3.8, 4) is 17.7 Å². The Hall–Kier alpha value is -2.45. The lowest BCUT2D eigenvalue weighted by Gasteiger charge is -2.10. The van der Waals surface area contributed by atoms with E-state index in [1.54, 1.807) is 24.3 Å². The molecule has 0 bridgehead atoms. The largest absolute Gasteiger partial charge is 0.436 e. The van der Waals surface area contributed by atoms with Crippen LogP contribution < -0.4 is 4.74 Å². The van der Waals surface area contributed by atoms with Crippen molar-refractivity contribution in [2.75, 3.05) is 0 Å². The highest BCUT2D eigenvalue weighted by Crippen LogP contribution is 2.34. The van der Waals surface area contributed by atoms with Crippen molar-refractivity contribution in [1.82, 2.24) is 4.98 Å². The average molecular weight is 303 g/mol. The van der Waals surface area contributed by atoms with Gasteiger partial charge in [-0.1, -0.05) is 23.7 Å². The van der Waals surface area contributed by atoms with Gasteiger partial charge in [-0.15, -0.1) is 0 Å². The van der Waals surface area contributed by atoms with Gasteiger partial charge in [0.2, 0.25) is 0 Å². The molecule has 0 spiro atoms. The lowest BCUT2D eigenvalue weighted by atomic mass is 10.1. The van der Waals surface area contributed by atoms with Gasteiger partial charge in [0.25, 0.3) is 5.88 Å². The van der Waals surface area contributed by atoms with Gasteiger partial charge in [-0.05, 0) is 12.5 Å². The van der Waals surface area contributed by atoms with Crippen LogP contribution in [0.2, 0.25) is 5.15 Å². The van der Waals surface area contributed by atoms with E-state index in [0.29, 0.717) is 24.2 Å². The number of fused-ring (bicyclic) bond motifs is 1. The second-order valence-corrected chi connectivity index (χ2v) is 4.89. The maximum Gasteiger partial charge on any atom is 0.257 e. The average Bonchev–Trinajstić information content (AvgIpc) is 2.85. The molecule has 1 aromatic carbocycles. The molecule has 6 heteroatoms. The Morgan fingerprint density at radius 3 is 2.95 bits per heavy atom. The summed E-state index contributed by atoms with van der Waals surface area (Å²) in [5.74, 6) is -0.670. The van der Waals surface area contributed by atoms with Gasteiger partial charge in [0.05, 0.1) is 5.56 Å². The second-order valence-electron chi connectivity index (χ2n) is 4.53. The summed E-state index contributed by atoms with van der Waals surface area (Å²) in [6.45, 7) is 0. The third-order valence-electron chi connectivity index (χ3n) is 3.26. The number of hydrogen-bond acceptors (Lipinski definition) is 4. The summed E-state index contributed by atoms with van der Waals surface area (Å²) in [6, 6.07) is 7.74. The molecule has 4 nitrogen and oxygen atoms in total. The Balaban J connectivity index is 2.01. The maximum atomic E-state index is 13.9. The number of ketones is 1. The molecule has 104 valence electrons. The number of hydrogen-bond donors (Lipinski definition) is 0. The summed E-state index contributed by atoms with van der Waals surface area (Å²) < 4.78 is 19.3. The number of pyridine rings is 1. The SMILES string of the molecule is N#Cc1cc(F)c(Oc2cccc3c2CCC3=O)nc1Cl. The van der Waals surface area contributed by atoms with Gasteiger partial charge in [0, 0.05) is 23.6 Å². The fraction of sp³-hybridized carbons (Fsp3) is 0.133. The number of rotatable bonds is 2. The van der Waals surface area contributed by atoms with Crippen molar-refractivity contribution in [3.05, 3.63) is 51.9 Å². The molecule has 0 unspecified atom stereocenters. The fourth-order valence-electron chi connectivity index (χ4n) is 2.26. The number of ether oxygens (including phenoxy) is 1. The van der Waals surface area contributed by atoms with E-state index < -0.39 is 5.82 Å². The number of carbonyl (C=O) groups is 1. The number of Topliss-reactive ketones (excluding diaryl/α,β-unsaturated/α-hetero) is 1. The van der Waals surface area contributed by atoms with Crippen LogP contribution in [0.25, 0.3) is 0 Å². The van der Waals surface area contributed by atoms with E-state index in [1.807, 2.05) is 0 Å². The van der Waals surface area contributed by atoms with Gasteiger partial charge in [0.1, 0.15) is 11.8 Å². The van der Waals surface area contributed by atoms with E-state index in [0.717, 1.165) is 11.6 Å². The predicted octanol–water partition coefficient (Wildman–Crippen LogP) is 3.67. The minimum atomic E-state index is -0.780. The van der Waals surface area contributed by atoms with E-state index in [4.69, 9.17) is 21.6 Å². The molecule has 0 radical (unpaired) electrons. The van der Waals surface area contributed by atoms with E-state index in [-0.39, 0.29) is 22.4 Å². The van der Waals surface area contributed by atoms with Gasteiger partial charge in [-0.2, -0.15) is 10.2 Å². The zero-order valence-electron chi connectivity index (χ0n) is 10.7. The van der Waals surface area contributed by atoms with Crippen molar-refractivity contribution in [1.29, 1.82) is 5.26 Å². The molecule has 0 saturated carbocycles. The minimum Gasteiger partial charge on any atom is -0.436 e. The molecule has 0 atom stereocenters. The topological polar surface area (TPSA) is 63.0 Å². The summed E-state index contributed by atoms with van der Waals surface area (Å²) in [6.07, 6.45) is 0.968. The first kappa shape index (κ1) is 13.5. The first-order chi connectivity index (χ1) is 10.1. The highest BCUT2D eigenvalue weighted by atomic mass is 35.5. The minimum absolute atomic E-state index is 0.0433. The van der Waals surface area contributed by atoms with Gasteiger partial charge in [-0.25, -0.2) is 4.39 Å². The van der Waals surface area contributed by atoms with Crippen LogP contribution in [0.3, 0.4) is 0 Å². The van der Waals surface area contributed by atoms with Crippen LogP contribution in [0.4, 0.5) is 4.39 Å². The Bertz CT molecular complexity index is 799. The summed E-state index contributed by atoms with van der Waals surface area (Å²) >= 11 is 5.77. The lowest BCUT2D eigenvalue weighted by molar-refractivity contribution is 0.0994. The highest BCUT2D eigenvalue weighted by molar-refractivity contribution is 6.30. The second kappa shape index (κ2) is 5.15. The monoisotopic (exact) mass is 302 g/mol. The molecule has 0 N–H and O–H groups in total. The number of benzene rings is 1. The van der Waals surface area contributed by atoms with E-state index in [2.05, 4.69) is 4.98 Å². The van der Waals surface area contributed by atoms with Crippen molar-refractivity contribution in [2.24, 2.45) is 0 Å². The van der Waals surface area contributed by atoms with Crippen molar-refractivity contribution in [3.63, 3.8) is 0 Å². The summed E-state index contributed by atoms with van der Waals surface area (Å²) in [4.78, 5) is 15.4. The summed E-state index contributed by atoms with van der Waals surface area (Å²) in [7, 11) is 0. The Labute approximate surface area is 124 Å². The first-order valence-electron chi connectivity index (χ1n) is 6.19. The molecule has 1 aliphatic carbocycles. The van der Waals surface area contributed by atoms with E-state index in [9.17, 15) is 9.18 Å². The van der Waals surface area contributed by atoms with Crippen molar-refractivity contribution < 1.29 is 13.9 Å². The fourth-order valence-corrected chi connectivity index (χ4v) is 2.43. The first-order valence-corrected chi connectivity index (χ1v) is 6.57. The molecule has 21 heavy (non-hydrogen) atoms. The van der Waals surface area contributed by atoms with Crippen molar-refractivity contribution in [2.45, 2.75) is 12.8 Å². The molecule has 1 aliphatic rings. The molecular weight excluding hydrogens is 295 g/mol. The van der Waals surface area contributed by atoms with Crippen LogP contribution in [0, 0.1) is 17.1 Å². The molecule has 0 aliphatic heterocycles. The molecule has 1 heterocycles. The number of nitriles is 1. The van der Waals surface area contributed by atoms with Crippen LogP contribution in [0.15, 0.2) is 24.3 Å². The Kier molecular flexibility index (Phi) is 3.32. The molecular formula is C15H8ClFN2O2. The normalized spacial score (nSPS) is 12.9. The Morgan fingerprint density at radius 2 is 2.19 bits per heavy atom. The van der Waals surface area contributed by atoms with Crippen LogP contribution in [-0.4, -0.2) is 10.8 Å². The van der Waals surface area contributed by atoms with Crippen LogP contribution in [0.5, 0.6) is 11.6 Å². The van der Waals surface area contributed by atoms with Crippen LogP contribution in [0.1, 0.15) is 27.9 Å². The zero-order valence-corrected chi connectivity index (χ0v) is 11.4. The number of carbonyl (C=O) groups excluding carboxylic acids is 1. The number of nitrogens with zero attached hydrogens (tertiary/aromatic N) is 2. The van der Waals surface area contributed by atoms with Gasteiger partial charge in [-0.3, -0.25) is 4.79 Å². The van der Waals surface area contributed by atoms with Gasteiger partial charge >= 0.3 is 0 Å². The quantitative estimate of drug-likeness (QED) is 0.794. The van der Waals surface area contributed by atoms with Crippen LogP contribution in [-0.2, 0) is 6.42 Å². The van der Waals surface area contributed by atoms with Crippen LogP contribution >= 0.6 is 11.6 Å². The Morgan fingerprint density at radius 1 is 1.38 bits per heavy atom. The van der Waals surface area contributed by atoms with E-state index >= 15 is 0 Å². The smallest absolute Gasteiger partial charge is 0.257 e. The molecule has 1 aromatic heterocycles. The molecule has 2 aromatic rings. The molecule has 0 saturated heterocycles. The third-order valence-corrected chi connectivity index (χ3v) is 3.55. The van der Waals surface area contributed by atoms with E-state index in [1.165, 1.54) is 0 Å². The third kappa shape index (κ3) is 2.34. The standard InChI is InChI=1S/C15H8ClFN2O2/c16-14-8(7-18)6-11(17)15(19-14)21-13-3-1-2-9-10(13)4-5-12(9)20/h1-3,6H,4-5H2. The number of aromatic nitrogens is 1. The summed E-state index contributed by atoms with van der Waals surface area (Å²) in [5.41, 5.74) is 1.27. The van der Waals surface area contributed by atoms with Gasteiger partial charge < -0.3 is 4.74 Å². The van der Waals surface area contributed by atoms with Gasteiger partial charge in [0.15, 0.2) is 16.8 Å². The molecule has 0 fully saturated rings. The predicted molar refractivity (Wildman–Crippen MR) is 73.1 cm³/mol. The zero-order chi connectivity index (χ0) is 15.0. The number of halogens is 2.